The first-order chi connectivity index (χ1) is 13.8. The lowest BCUT2D eigenvalue weighted by atomic mass is 10.1. The summed E-state index contributed by atoms with van der Waals surface area (Å²) in [4.78, 5) is 19.7. The van der Waals surface area contributed by atoms with Gasteiger partial charge in [0.15, 0.2) is 5.11 Å². The Morgan fingerprint density at radius 1 is 1.14 bits per heavy atom. The number of pyridine rings is 1. The highest BCUT2D eigenvalue weighted by Crippen LogP contribution is 2.16. The van der Waals surface area contributed by atoms with Crippen LogP contribution in [0.3, 0.4) is 0 Å². The van der Waals surface area contributed by atoms with Gasteiger partial charge in [0, 0.05) is 24.3 Å². The highest BCUT2D eigenvalue weighted by atomic mass is 32.1. The number of halogens is 1. The van der Waals surface area contributed by atoms with Gasteiger partial charge in [-0.15, -0.1) is 0 Å². The molecule has 0 aliphatic heterocycles. The fourth-order valence-electron chi connectivity index (χ4n) is 3.06. The van der Waals surface area contributed by atoms with Crippen LogP contribution in [-0.4, -0.2) is 47.1 Å². The number of nitrogens with one attached hydrogen (secondary N) is 2. The summed E-state index contributed by atoms with van der Waals surface area (Å²) in [6, 6.07) is 13.9. The van der Waals surface area contributed by atoms with E-state index in [0.717, 1.165) is 23.0 Å². The second-order valence-corrected chi connectivity index (χ2v) is 7.71. The van der Waals surface area contributed by atoms with Crippen LogP contribution in [0.5, 0.6) is 0 Å². The van der Waals surface area contributed by atoms with E-state index in [2.05, 4.69) is 15.2 Å². The lowest BCUT2D eigenvalue weighted by Crippen LogP contribution is -2.40. The Morgan fingerprint density at radius 2 is 1.86 bits per heavy atom. The van der Waals surface area contributed by atoms with Gasteiger partial charge in [-0.3, -0.25) is 4.79 Å². The molecule has 0 aliphatic carbocycles. The van der Waals surface area contributed by atoms with Gasteiger partial charge in [0.25, 0.3) is 5.56 Å². The van der Waals surface area contributed by atoms with Crippen molar-refractivity contribution < 1.29 is 4.39 Å². The number of thiocarbonyl (C=S) groups is 1. The molecule has 7 heteroatoms. The number of para-hydroxylation sites is 1. The zero-order chi connectivity index (χ0) is 21.0. The van der Waals surface area contributed by atoms with Crippen LogP contribution in [0.1, 0.15) is 11.1 Å². The minimum atomic E-state index is -0.302. The number of nitrogens with zero attached hydrogens (tertiary/aromatic N) is 2. The smallest absolute Gasteiger partial charge is 0.253 e. The molecule has 0 fully saturated rings. The lowest BCUT2D eigenvalue weighted by Gasteiger charge is -2.27. The second-order valence-electron chi connectivity index (χ2n) is 7.32. The molecule has 0 aliphatic rings. The van der Waals surface area contributed by atoms with Crippen LogP contribution in [0.4, 0.5) is 10.1 Å². The Hall–Kier alpha value is -2.77. The fourth-order valence-corrected chi connectivity index (χ4v) is 3.33. The van der Waals surface area contributed by atoms with Crippen LogP contribution in [0.15, 0.2) is 53.3 Å². The third-order valence-corrected chi connectivity index (χ3v) is 5.09. The van der Waals surface area contributed by atoms with Gasteiger partial charge >= 0.3 is 0 Å². The van der Waals surface area contributed by atoms with Gasteiger partial charge in [-0.05, 0) is 74.5 Å². The summed E-state index contributed by atoms with van der Waals surface area (Å²) in [5.74, 6) is -0.302. The van der Waals surface area contributed by atoms with E-state index in [0.29, 0.717) is 29.5 Å². The lowest BCUT2D eigenvalue weighted by molar-refractivity contribution is 0.327. The van der Waals surface area contributed by atoms with E-state index in [1.807, 2.05) is 50.2 Å². The average Bonchev–Trinajstić information content (AvgIpc) is 2.67. The van der Waals surface area contributed by atoms with Crippen LogP contribution in [-0.2, 0) is 6.54 Å². The summed E-state index contributed by atoms with van der Waals surface area (Å²) in [6.07, 6.45) is 0. The Kier molecular flexibility index (Phi) is 6.61. The minimum Gasteiger partial charge on any atom is -0.343 e. The Balaban J connectivity index is 1.85. The van der Waals surface area contributed by atoms with Crippen LogP contribution in [0.2, 0.25) is 0 Å². The van der Waals surface area contributed by atoms with E-state index in [1.165, 1.54) is 12.1 Å². The molecule has 3 rings (SSSR count). The molecule has 2 N–H and O–H groups in total. The van der Waals surface area contributed by atoms with Crippen molar-refractivity contribution in [3.05, 3.63) is 75.8 Å². The summed E-state index contributed by atoms with van der Waals surface area (Å²) in [5.41, 5.74) is 3.11. The standard InChI is InChI=1S/C22H25FN4OS/c1-15-5-4-6-16-13-17(21(28)25-20(15)16)14-27(12-11-26(2)3)22(29)24-19-9-7-18(23)8-10-19/h4-10,13H,11-12,14H2,1-3H3,(H,24,29)(H,25,28). The van der Waals surface area contributed by atoms with E-state index in [-0.39, 0.29) is 11.4 Å². The van der Waals surface area contributed by atoms with Crippen molar-refractivity contribution in [3.63, 3.8) is 0 Å². The number of hydrogen-bond acceptors (Lipinski definition) is 3. The zero-order valence-electron chi connectivity index (χ0n) is 16.8. The summed E-state index contributed by atoms with van der Waals surface area (Å²) in [7, 11) is 3.97. The van der Waals surface area contributed by atoms with Gasteiger partial charge in [0.1, 0.15) is 5.82 Å². The van der Waals surface area contributed by atoms with Crippen molar-refractivity contribution in [2.24, 2.45) is 0 Å². The topological polar surface area (TPSA) is 51.4 Å². The molecule has 1 heterocycles. The molecule has 1 aromatic heterocycles. The average molecular weight is 413 g/mol. The van der Waals surface area contributed by atoms with E-state index >= 15 is 0 Å². The third kappa shape index (κ3) is 5.40. The van der Waals surface area contributed by atoms with Gasteiger partial charge in [-0.25, -0.2) is 4.39 Å². The van der Waals surface area contributed by atoms with Crippen LogP contribution >= 0.6 is 12.2 Å². The normalized spacial score (nSPS) is 11.1. The molecule has 0 bridgehead atoms. The monoisotopic (exact) mass is 412 g/mol. The molecule has 0 unspecified atom stereocenters. The highest BCUT2D eigenvalue weighted by Gasteiger charge is 2.14. The maximum Gasteiger partial charge on any atom is 0.253 e. The quantitative estimate of drug-likeness (QED) is 0.604. The van der Waals surface area contributed by atoms with Gasteiger partial charge in [0.05, 0.1) is 12.1 Å². The Morgan fingerprint density at radius 3 is 2.55 bits per heavy atom. The summed E-state index contributed by atoms with van der Waals surface area (Å²) in [5, 5.41) is 4.62. The highest BCUT2D eigenvalue weighted by molar-refractivity contribution is 7.80. The number of rotatable bonds is 6. The molecule has 5 nitrogen and oxygen atoms in total. The number of likely N-dealkylation sites (N-methyl/N-ethyl adjacent to an activating group) is 1. The predicted molar refractivity (Wildman–Crippen MR) is 121 cm³/mol. The number of benzene rings is 2. The molecule has 0 saturated heterocycles. The molecule has 0 amide bonds. The van der Waals surface area contributed by atoms with Crippen molar-refractivity contribution in [1.82, 2.24) is 14.8 Å². The molecule has 0 spiro atoms. The van der Waals surface area contributed by atoms with Crippen LogP contribution < -0.4 is 10.9 Å². The molecule has 3 aromatic rings. The Bertz CT molecular complexity index is 1060. The van der Waals surface area contributed by atoms with Crippen LogP contribution in [0.25, 0.3) is 10.9 Å². The van der Waals surface area contributed by atoms with E-state index in [9.17, 15) is 9.18 Å². The van der Waals surface area contributed by atoms with Crippen molar-refractivity contribution in [2.45, 2.75) is 13.5 Å². The van der Waals surface area contributed by atoms with Gasteiger partial charge < -0.3 is 20.1 Å². The molecule has 29 heavy (non-hydrogen) atoms. The molecule has 0 saturated carbocycles. The van der Waals surface area contributed by atoms with Crippen molar-refractivity contribution in [3.8, 4) is 0 Å². The summed E-state index contributed by atoms with van der Waals surface area (Å²) in [6.45, 7) is 3.77. The molecule has 2 aromatic carbocycles. The summed E-state index contributed by atoms with van der Waals surface area (Å²) >= 11 is 5.59. The number of aromatic amines is 1. The zero-order valence-corrected chi connectivity index (χ0v) is 17.6. The molecule has 152 valence electrons. The molecular weight excluding hydrogens is 387 g/mol. The predicted octanol–water partition coefficient (Wildman–Crippen LogP) is 3.74. The number of fused-ring (bicyclic) bond motifs is 1. The van der Waals surface area contributed by atoms with Gasteiger partial charge in [-0.1, -0.05) is 18.2 Å². The molecular formula is C22H25FN4OS. The first kappa shape index (κ1) is 21.0. The van der Waals surface area contributed by atoms with Crippen molar-refractivity contribution in [1.29, 1.82) is 0 Å². The molecule has 0 radical (unpaired) electrons. The number of aryl methyl sites for hydroxylation is 1. The number of hydrogen-bond donors (Lipinski definition) is 2. The SMILES string of the molecule is Cc1cccc2cc(CN(CCN(C)C)C(=S)Nc3ccc(F)cc3)c(=O)[nH]c12. The number of anilines is 1. The van der Waals surface area contributed by atoms with Crippen LogP contribution in [0, 0.1) is 12.7 Å². The van der Waals surface area contributed by atoms with E-state index in [4.69, 9.17) is 12.2 Å². The Labute approximate surface area is 175 Å². The van der Waals surface area contributed by atoms with E-state index < -0.39 is 0 Å². The maximum absolute atomic E-state index is 13.2. The number of aromatic nitrogens is 1. The second kappa shape index (κ2) is 9.15. The van der Waals surface area contributed by atoms with Gasteiger partial charge in [-0.2, -0.15) is 0 Å². The largest absolute Gasteiger partial charge is 0.343 e. The number of H-pyrrole nitrogens is 1. The first-order valence-electron chi connectivity index (χ1n) is 9.41. The fraction of sp³-hybridized carbons (Fsp3) is 0.273. The van der Waals surface area contributed by atoms with Gasteiger partial charge in [0.2, 0.25) is 0 Å². The molecule has 0 atom stereocenters. The maximum atomic E-state index is 13.2. The van der Waals surface area contributed by atoms with Crippen molar-refractivity contribution in [2.75, 3.05) is 32.5 Å². The van der Waals surface area contributed by atoms with E-state index in [1.54, 1.807) is 12.1 Å². The minimum absolute atomic E-state index is 0.119. The first-order valence-corrected chi connectivity index (χ1v) is 9.82. The summed E-state index contributed by atoms with van der Waals surface area (Å²) < 4.78 is 13.2. The van der Waals surface area contributed by atoms with Crippen molar-refractivity contribution >= 4 is 33.9 Å². The third-order valence-electron chi connectivity index (χ3n) is 4.73.